The van der Waals surface area contributed by atoms with Crippen molar-refractivity contribution in [2.45, 2.75) is 45.1 Å². The van der Waals surface area contributed by atoms with Crippen LogP contribution in [0.4, 0.5) is 0 Å². The third-order valence-electron chi connectivity index (χ3n) is 5.54. The molecule has 1 aliphatic rings. The van der Waals surface area contributed by atoms with Crippen LogP contribution in [0.3, 0.4) is 0 Å². The first-order valence-electron chi connectivity index (χ1n) is 10.0. The van der Waals surface area contributed by atoms with E-state index in [0.29, 0.717) is 12.3 Å². The summed E-state index contributed by atoms with van der Waals surface area (Å²) in [5.74, 6) is 1.75. The zero-order chi connectivity index (χ0) is 19.2. The van der Waals surface area contributed by atoms with Gasteiger partial charge in [0.05, 0.1) is 0 Å². The van der Waals surface area contributed by atoms with Gasteiger partial charge in [0.1, 0.15) is 5.82 Å². The van der Waals surface area contributed by atoms with Gasteiger partial charge < -0.3 is 14.4 Å². The van der Waals surface area contributed by atoms with Gasteiger partial charge in [0.25, 0.3) is 0 Å². The van der Waals surface area contributed by atoms with Crippen LogP contribution in [-0.4, -0.2) is 59.0 Å². The number of benzene rings is 1. The van der Waals surface area contributed by atoms with Crippen molar-refractivity contribution in [3.05, 3.63) is 53.6 Å². The molecule has 0 saturated carbocycles. The number of piperidine rings is 1. The Kier molecular flexibility index (Phi) is 6.67. The van der Waals surface area contributed by atoms with Crippen molar-refractivity contribution < 1.29 is 4.79 Å². The Bertz CT molecular complexity index is 752. The lowest BCUT2D eigenvalue weighted by atomic mass is 9.96. The van der Waals surface area contributed by atoms with Gasteiger partial charge in [-0.1, -0.05) is 24.3 Å². The Labute approximate surface area is 163 Å². The van der Waals surface area contributed by atoms with Gasteiger partial charge in [0.15, 0.2) is 0 Å². The average Bonchev–Trinajstić information content (AvgIpc) is 3.14. The van der Waals surface area contributed by atoms with Gasteiger partial charge in [-0.3, -0.25) is 4.79 Å². The molecule has 1 aromatic carbocycles. The molecule has 1 aromatic heterocycles. The summed E-state index contributed by atoms with van der Waals surface area (Å²) < 4.78 is 2.26. The van der Waals surface area contributed by atoms with Crippen molar-refractivity contribution in [3.63, 3.8) is 0 Å². The molecule has 1 fully saturated rings. The standard InChI is InChI=1S/C22H32N4O/c1-18-7-4-5-8-19(18)10-11-21(27)26-13-6-9-20(17-26)22-23-12-14-25(22)16-15-24(2)3/h4-5,7-8,12,14,20H,6,9-11,13,15-17H2,1-3H3. The van der Waals surface area contributed by atoms with Crippen molar-refractivity contribution in [1.82, 2.24) is 19.4 Å². The number of likely N-dealkylation sites (N-methyl/N-ethyl adjacent to an activating group) is 1. The fourth-order valence-electron chi connectivity index (χ4n) is 3.88. The molecule has 27 heavy (non-hydrogen) atoms. The Hall–Kier alpha value is -2.14. The minimum absolute atomic E-state index is 0.273. The number of imidazole rings is 1. The second kappa shape index (κ2) is 9.18. The lowest BCUT2D eigenvalue weighted by Crippen LogP contribution is -2.40. The van der Waals surface area contributed by atoms with Crippen LogP contribution in [0.25, 0.3) is 0 Å². The molecule has 0 bridgehead atoms. The van der Waals surface area contributed by atoms with Crippen LogP contribution in [0.1, 0.15) is 42.1 Å². The van der Waals surface area contributed by atoms with E-state index in [4.69, 9.17) is 0 Å². The highest BCUT2D eigenvalue weighted by Gasteiger charge is 2.27. The van der Waals surface area contributed by atoms with Gasteiger partial charge in [-0.15, -0.1) is 0 Å². The molecule has 0 N–H and O–H groups in total. The van der Waals surface area contributed by atoms with E-state index >= 15 is 0 Å². The van der Waals surface area contributed by atoms with E-state index in [2.05, 4.69) is 64.8 Å². The fourth-order valence-corrected chi connectivity index (χ4v) is 3.88. The smallest absolute Gasteiger partial charge is 0.222 e. The number of nitrogens with zero attached hydrogens (tertiary/aromatic N) is 4. The molecule has 146 valence electrons. The highest BCUT2D eigenvalue weighted by atomic mass is 16.2. The molecule has 1 saturated heterocycles. The summed E-state index contributed by atoms with van der Waals surface area (Å²) in [6.45, 7) is 5.73. The number of aryl methyl sites for hydroxylation is 2. The zero-order valence-corrected chi connectivity index (χ0v) is 16.9. The minimum Gasteiger partial charge on any atom is -0.342 e. The van der Waals surface area contributed by atoms with Crippen molar-refractivity contribution in [2.75, 3.05) is 33.7 Å². The number of carbonyl (C=O) groups excluding carboxylic acids is 1. The predicted molar refractivity (Wildman–Crippen MR) is 109 cm³/mol. The van der Waals surface area contributed by atoms with E-state index in [9.17, 15) is 4.79 Å². The highest BCUT2D eigenvalue weighted by Crippen LogP contribution is 2.26. The van der Waals surface area contributed by atoms with Crippen LogP contribution in [0.2, 0.25) is 0 Å². The third-order valence-corrected chi connectivity index (χ3v) is 5.54. The van der Waals surface area contributed by atoms with Gasteiger partial charge in [0, 0.05) is 50.9 Å². The topological polar surface area (TPSA) is 41.4 Å². The number of rotatable bonds is 7. The van der Waals surface area contributed by atoms with Crippen molar-refractivity contribution >= 4 is 5.91 Å². The molecule has 1 atom stereocenters. The number of aromatic nitrogens is 2. The van der Waals surface area contributed by atoms with Crippen LogP contribution in [0.5, 0.6) is 0 Å². The van der Waals surface area contributed by atoms with Crippen LogP contribution in [-0.2, 0) is 17.8 Å². The summed E-state index contributed by atoms with van der Waals surface area (Å²) in [6.07, 6.45) is 7.54. The molecule has 2 aromatic rings. The maximum absolute atomic E-state index is 12.8. The maximum atomic E-state index is 12.8. The molecule has 0 radical (unpaired) electrons. The molecule has 2 heterocycles. The van der Waals surface area contributed by atoms with E-state index in [0.717, 1.165) is 51.3 Å². The first-order chi connectivity index (χ1) is 13.0. The summed E-state index contributed by atoms with van der Waals surface area (Å²) in [7, 11) is 4.18. The second-order valence-corrected chi connectivity index (χ2v) is 7.89. The molecule has 1 aliphatic heterocycles. The summed E-state index contributed by atoms with van der Waals surface area (Å²) in [4.78, 5) is 21.7. The first kappa shape index (κ1) is 19.6. The molecule has 0 aliphatic carbocycles. The van der Waals surface area contributed by atoms with E-state index < -0.39 is 0 Å². The Morgan fingerprint density at radius 3 is 2.89 bits per heavy atom. The third kappa shape index (κ3) is 5.19. The Balaban J connectivity index is 1.58. The number of carbonyl (C=O) groups is 1. The number of hydrogen-bond acceptors (Lipinski definition) is 3. The van der Waals surface area contributed by atoms with Crippen LogP contribution in [0, 0.1) is 6.92 Å². The number of hydrogen-bond donors (Lipinski definition) is 0. The molecule has 5 nitrogen and oxygen atoms in total. The maximum Gasteiger partial charge on any atom is 0.222 e. The Morgan fingerprint density at radius 1 is 1.30 bits per heavy atom. The lowest BCUT2D eigenvalue weighted by molar-refractivity contribution is -0.132. The largest absolute Gasteiger partial charge is 0.342 e. The first-order valence-corrected chi connectivity index (χ1v) is 10.0. The molecule has 3 rings (SSSR count). The zero-order valence-electron chi connectivity index (χ0n) is 16.9. The van der Waals surface area contributed by atoms with E-state index in [-0.39, 0.29) is 5.91 Å². The molecule has 0 spiro atoms. The Morgan fingerprint density at radius 2 is 2.11 bits per heavy atom. The van der Waals surface area contributed by atoms with Crippen LogP contribution >= 0.6 is 0 Å². The fraction of sp³-hybridized carbons (Fsp3) is 0.545. The molecule has 1 unspecified atom stereocenters. The quantitative estimate of drug-likeness (QED) is 0.754. The number of amides is 1. The molecule has 1 amide bonds. The monoisotopic (exact) mass is 368 g/mol. The summed E-state index contributed by atoms with van der Waals surface area (Å²) >= 11 is 0. The summed E-state index contributed by atoms with van der Waals surface area (Å²) in [6, 6.07) is 8.35. The average molecular weight is 369 g/mol. The van der Waals surface area contributed by atoms with Crippen molar-refractivity contribution in [1.29, 1.82) is 0 Å². The normalized spacial score (nSPS) is 17.5. The lowest BCUT2D eigenvalue weighted by Gasteiger charge is -2.33. The molecule has 5 heteroatoms. The summed E-state index contributed by atoms with van der Waals surface area (Å²) in [5.41, 5.74) is 2.54. The van der Waals surface area contributed by atoms with E-state index in [1.165, 1.54) is 11.1 Å². The molecular weight excluding hydrogens is 336 g/mol. The predicted octanol–water partition coefficient (Wildman–Crippen LogP) is 3.09. The van der Waals surface area contributed by atoms with Gasteiger partial charge >= 0.3 is 0 Å². The van der Waals surface area contributed by atoms with Gasteiger partial charge in [-0.05, 0) is 51.4 Å². The van der Waals surface area contributed by atoms with Crippen LogP contribution in [0.15, 0.2) is 36.7 Å². The second-order valence-electron chi connectivity index (χ2n) is 7.89. The SMILES string of the molecule is Cc1ccccc1CCC(=O)N1CCCC(c2nccn2CCN(C)C)C1. The molecular formula is C22H32N4O. The van der Waals surface area contributed by atoms with Gasteiger partial charge in [-0.25, -0.2) is 4.98 Å². The van der Waals surface area contributed by atoms with Crippen LogP contribution < -0.4 is 0 Å². The highest BCUT2D eigenvalue weighted by molar-refractivity contribution is 5.76. The van der Waals surface area contributed by atoms with E-state index in [1.807, 2.05) is 12.3 Å². The van der Waals surface area contributed by atoms with Gasteiger partial charge in [0.2, 0.25) is 5.91 Å². The minimum atomic E-state index is 0.273. The van der Waals surface area contributed by atoms with Crippen molar-refractivity contribution in [3.8, 4) is 0 Å². The number of likely N-dealkylation sites (tertiary alicyclic amines) is 1. The van der Waals surface area contributed by atoms with Crippen molar-refractivity contribution in [2.24, 2.45) is 0 Å². The van der Waals surface area contributed by atoms with E-state index in [1.54, 1.807) is 0 Å². The van der Waals surface area contributed by atoms with Gasteiger partial charge in [-0.2, -0.15) is 0 Å². The summed E-state index contributed by atoms with van der Waals surface area (Å²) in [5, 5.41) is 0.